The highest BCUT2D eigenvalue weighted by Crippen LogP contribution is 2.39. The van der Waals surface area contributed by atoms with E-state index in [0.29, 0.717) is 11.7 Å². The fraction of sp³-hybridized carbons (Fsp3) is 0.818. The van der Waals surface area contributed by atoms with Gasteiger partial charge in [0.25, 0.3) is 0 Å². The lowest BCUT2D eigenvalue weighted by Crippen LogP contribution is -2.25. The zero-order chi connectivity index (χ0) is 10.8. The van der Waals surface area contributed by atoms with Crippen molar-refractivity contribution in [2.75, 3.05) is 5.75 Å². The summed E-state index contributed by atoms with van der Waals surface area (Å²) in [5.74, 6) is 0.935. The third kappa shape index (κ3) is 2.92. The molecule has 1 rings (SSSR count). The van der Waals surface area contributed by atoms with E-state index in [4.69, 9.17) is 4.55 Å². The summed E-state index contributed by atoms with van der Waals surface area (Å²) in [6, 6.07) is 0. The molecule has 0 aromatic heterocycles. The van der Waals surface area contributed by atoms with Crippen LogP contribution in [0.1, 0.15) is 40.0 Å². The molecule has 3 heteroatoms. The molecule has 0 aromatic rings. The van der Waals surface area contributed by atoms with Crippen molar-refractivity contribution >= 4 is 11.1 Å². The van der Waals surface area contributed by atoms with Crippen LogP contribution in [0, 0.1) is 11.3 Å². The molecule has 0 fully saturated rings. The van der Waals surface area contributed by atoms with Gasteiger partial charge in [0, 0.05) is 0 Å². The quantitative estimate of drug-likeness (QED) is 0.581. The summed E-state index contributed by atoms with van der Waals surface area (Å²) in [6.45, 7) is 6.50. The molecule has 0 amide bonds. The van der Waals surface area contributed by atoms with E-state index in [1.165, 1.54) is 6.42 Å². The van der Waals surface area contributed by atoms with Crippen LogP contribution in [-0.4, -0.2) is 14.5 Å². The summed E-state index contributed by atoms with van der Waals surface area (Å²) in [4.78, 5) is 0. The van der Waals surface area contributed by atoms with Crippen molar-refractivity contribution in [3.63, 3.8) is 0 Å². The predicted molar refractivity (Wildman–Crippen MR) is 60.5 cm³/mol. The van der Waals surface area contributed by atoms with Crippen molar-refractivity contribution in [1.29, 1.82) is 0 Å². The van der Waals surface area contributed by atoms with E-state index in [-0.39, 0.29) is 5.41 Å². The molecule has 0 aliphatic heterocycles. The maximum atomic E-state index is 10.8. The van der Waals surface area contributed by atoms with Crippen molar-refractivity contribution in [2.24, 2.45) is 11.3 Å². The van der Waals surface area contributed by atoms with Crippen LogP contribution >= 0.6 is 0 Å². The first-order chi connectivity index (χ1) is 6.45. The zero-order valence-electron chi connectivity index (χ0n) is 9.25. The van der Waals surface area contributed by atoms with Crippen LogP contribution in [0.25, 0.3) is 0 Å². The average Bonchev–Trinajstić information content (AvgIpc) is 2.08. The molecule has 2 nitrogen and oxygen atoms in total. The number of allylic oxidation sites excluding steroid dienone is 1. The third-order valence-corrected chi connectivity index (χ3v) is 3.81. The largest absolute Gasteiger partial charge is 0.306 e. The van der Waals surface area contributed by atoms with Gasteiger partial charge >= 0.3 is 0 Å². The van der Waals surface area contributed by atoms with Gasteiger partial charge in [-0.05, 0) is 30.6 Å². The Morgan fingerprint density at radius 3 is 2.79 bits per heavy atom. The Kier molecular flexibility index (Phi) is 3.90. The summed E-state index contributed by atoms with van der Waals surface area (Å²) in [5, 5.41) is 0. The van der Waals surface area contributed by atoms with Gasteiger partial charge in [0.05, 0.1) is 5.75 Å². The molecule has 1 aliphatic rings. The Hall–Kier alpha value is -0.150. The summed E-state index contributed by atoms with van der Waals surface area (Å²) >= 11 is -1.69. The molecule has 0 radical (unpaired) electrons. The lowest BCUT2D eigenvalue weighted by atomic mass is 9.72. The molecule has 0 bridgehead atoms. The Labute approximate surface area is 89.1 Å². The molecule has 82 valence electrons. The van der Waals surface area contributed by atoms with Crippen LogP contribution in [-0.2, 0) is 11.1 Å². The number of hydrogen-bond acceptors (Lipinski definition) is 1. The molecule has 1 N–H and O–H groups in total. The second kappa shape index (κ2) is 4.58. The summed E-state index contributed by atoms with van der Waals surface area (Å²) in [5.41, 5.74) is 1.28. The van der Waals surface area contributed by atoms with E-state index in [2.05, 4.69) is 26.8 Å². The Morgan fingerprint density at radius 1 is 1.64 bits per heavy atom. The van der Waals surface area contributed by atoms with Gasteiger partial charge in [-0.25, -0.2) is 4.21 Å². The maximum absolute atomic E-state index is 10.8. The number of hydrogen-bond donors (Lipinski definition) is 1. The molecule has 14 heavy (non-hydrogen) atoms. The highest BCUT2D eigenvalue weighted by molar-refractivity contribution is 7.79. The lowest BCUT2D eigenvalue weighted by molar-refractivity contribution is 0.331. The molecule has 0 aromatic carbocycles. The van der Waals surface area contributed by atoms with E-state index < -0.39 is 11.1 Å². The minimum absolute atomic E-state index is 0.115. The van der Waals surface area contributed by atoms with Crippen LogP contribution in [0.3, 0.4) is 0 Å². The maximum Gasteiger partial charge on any atom is 0.157 e. The highest BCUT2D eigenvalue weighted by Gasteiger charge is 2.29. The molecule has 0 saturated heterocycles. The van der Waals surface area contributed by atoms with Gasteiger partial charge in [0.15, 0.2) is 11.1 Å². The van der Waals surface area contributed by atoms with Crippen LogP contribution in [0.2, 0.25) is 0 Å². The molecular formula is C11H20O2S. The monoisotopic (exact) mass is 216 g/mol. The van der Waals surface area contributed by atoms with Crippen molar-refractivity contribution in [2.45, 2.75) is 40.0 Å². The Balaban J connectivity index is 2.82. The summed E-state index contributed by atoms with van der Waals surface area (Å²) < 4.78 is 19.7. The van der Waals surface area contributed by atoms with E-state index in [1.54, 1.807) is 0 Å². The molecule has 0 saturated carbocycles. The second-order valence-corrected chi connectivity index (χ2v) is 5.68. The first-order valence-electron chi connectivity index (χ1n) is 5.24. The summed E-state index contributed by atoms with van der Waals surface area (Å²) in [6.07, 6.45) is 5.70. The van der Waals surface area contributed by atoms with Crippen molar-refractivity contribution in [3.8, 4) is 0 Å². The van der Waals surface area contributed by atoms with Crippen LogP contribution in [0.4, 0.5) is 0 Å². The van der Waals surface area contributed by atoms with Crippen molar-refractivity contribution in [1.82, 2.24) is 0 Å². The topological polar surface area (TPSA) is 37.3 Å². The number of rotatable bonds is 3. The fourth-order valence-corrected chi connectivity index (χ4v) is 2.75. The minimum Gasteiger partial charge on any atom is -0.306 e. The van der Waals surface area contributed by atoms with Crippen molar-refractivity contribution in [3.05, 3.63) is 11.6 Å². The standard InChI is InChI=1S/C11H20O2S/c1-4-9-5-6-11(2,3)10(7-9)8-14(12)13/h7,9H,4-6,8H2,1-3H3,(H,12,13). The highest BCUT2D eigenvalue weighted by atomic mass is 32.2. The normalized spacial score (nSPS) is 28.3. The van der Waals surface area contributed by atoms with Gasteiger partial charge < -0.3 is 4.55 Å². The molecule has 0 heterocycles. The molecule has 1 aliphatic carbocycles. The molecular weight excluding hydrogens is 196 g/mol. The van der Waals surface area contributed by atoms with Crippen LogP contribution in [0.15, 0.2) is 11.6 Å². The molecule has 2 atom stereocenters. The van der Waals surface area contributed by atoms with Crippen molar-refractivity contribution < 1.29 is 8.76 Å². The van der Waals surface area contributed by atoms with Crippen LogP contribution < -0.4 is 0 Å². The molecule has 2 unspecified atom stereocenters. The van der Waals surface area contributed by atoms with Gasteiger partial charge in [-0.1, -0.05) is 32.4 Å². The SMILES string of the molecule is CCC1C=C(CS(=O)O)C(C)(C)CC1. The first kappa shape index (κ1) is 11.9. The predicted octanol–water partition coefficient (Wildman–Crippen LogP) is 2.98. The third-order valence-electron chi connectivity index (χ3n) is 3.25. The Bertz CT molecular complexity index is 256. The van der Waals surface area contributed by atoms with Gasteiger partial charge in [-0.3, -0.25) is 0 Å². The average molecular weight is 216 g/mol. The van der Waals surface area contributed by atoms with E-state index in [9.17, 15) is 4.21 Å². The Morgan fingerprint density at radius 2 is 2.29 bits per heavy atom. The fourth-order valence-electron chi connectivity index (χ4n) is 2.00. The molecule has 0 spiro atoms. The van der Waals surface area contributed by atoms with Gasteiger partial charge in [-0.15, -0.1) is 0 Å². The second-order valence-electron chi connectivity index (χ2n) is 4.75. The smallest absolute Gasteiger partial charge is 0.157 e. The van der Waals surface area contributed by atoms with E-state index >= 15 is 0 Å². The lowest BCUT2D eigenvalue weighted by Gasteiger charge is -2.34. The van der Waals surface area contributed by atoms with Gasteiger partial charge in [0.2, 0.25) is 0 Å². The minimum atomic E-state index is -1.69. The van der Waals surface area contributed by atoms with Gasteiger partial charge in [-0.2, -0.15) is 0 Å². The van der Waals surface area contributed by atoms with E-state index in [1.807, 2.05) is 0 Å². The zero-order valence-corrected chi connectivity index (χ0v) is 10.1. The summed E-state index contributed by atoms with van der Waals surface area (Å²) in [7, 11) is 0. The van der Waals surface area contributed by atoms with E-state index in [0.717, 1.165) is 18.4 Å². The van der Waals surface area contributed by atoms with Gasteiger partial charge in [0.1, 0.15) is 0 Å². The first-order valence-corrected chi connectivity index (χ1v) is 6.52. The van der Waals surface area contributed by atoms with Crippen LogP contribution in [0.5, 0.6) is 0 Å².